The van der Waals surface area contributed by atoms with Gasteiger partial charge in [-0.15, -0.1) is 0 Å². The zero-order chi connectivity index (χ0) is 13.1. The Hall–Kier alpha value is -0.870. The predicted octanol–water partition coefficient (Wildman–Crippen LogP) is 2.53. The van der Waals surface area contributed by atoms with Gasteiger partial charge in [0.25, 0.3) is 0 Å². The van der Waals surface area contributed by atoms with E-state index in [0.29, 0.717) is 6.54 Å². The topological polar surface area (TPSA) is 46.3 Å². The second-order valence-electron chi connectivity index (χ2n) is 4.99. The summed E-state index contributed by atoms with van der Waals surface area (Å²) in [6, 6.07) is 8.03. The minimum absolute atomic E-state index is 0.0116. The maximum Gasteiger partial charge on any atom is 0.227 e. The van der Waals surface area contributed by atoms with Crippen LogP contribution in [0.3, 0.4) is 0 Å². The Kier molecular flexibility index (Phi) is 4.40. The van der Waals surface area contributed by atoms with Gasteiger partial charge in [-0.1, -0.05) is 40.5 Å². The number of hydrogen-bond donors (Lipinski definition) is 1. The van der Waals surface area contributed by atoms with E-state index < -0.39 is 0 Å². The number of benzene rings is 1. The van der Waals surface area contributed by atoms with Gasteiger partial charge in [-0.2, -0.15) is 0 Å². The highest BCUT2D eigenvalue weighted by atomic mass is 79.9. The lowest BCUT2D eigenvalue weighted by Crippen LogP contribution is -2.39. The van der Waals surface area contributed by atoms with Gasteiger partial charge in [0, 0.05) is 24.1 Å². The molecule has 0 radical (unpaired) electrons. The van der Waals surface area contributed by atoms with Crippen molar-refractivity contribution in [2.75, 3.05) is 7.05 Å². The highest BCUT2D eigenvalue weighted by molar-refractivity contribution is 9.10. The number of halogens is 1. The first kappa shape index (κ1) is 13.6. The summed E-state index contributed by atoms with van der Waals surface area (Å²) in [4.78, 5) is 14.1. The normalized spacial score (nSPS) is 23.1. The summed E-state index contributed by atoms with van der Waals surface area (Å²) in [6.07, 6.45) is 2.97. The van der Waals surface area contributed by atoms with E-state index in [4.69, 9.17) is 5.73 Å². The smallest absolute Gasteiger partial charge is 0.227 e. The van der Waals surface area contributed by atoms with Crippen molar-refractivity contribution in [2.45, 2.75) is 31.8 Å². The number of amides is 1. The van der Waals surface area contributed by atoms with Crippen LogP contribution in [0.4, 0.5) is 0 Å². The molecule has 1 saturated carbocycles. The minimum Gasteiger partial charge on any atom is -0.341 e. The van der Waals surface area contributed by atoms with Gasteiger partial charge in [-0.05, 0) is 24.5 Å². The standard InChI is InChI=1S/C14H19BrN2O/c1-17(9-10-5-2-3-7-12(10)15)14(18)11-6-4-8-13(11)16/h2-3,5,7,11,13H,4,6,8-9,16H2,1H3/t11-,13+/m0/s1. The molecule has 1 fully saturated rings. The SMILES string of the molecule is CN(Cc1ccccc1Br)C(=O)[C@H]1CCC[C@H]1N. The van der Waals surface area contributed by atoms with Crippen LogP contribution in [0.15, 0.2) is 28.7 Å². The van der Waals surface area contributed by atoms with E-state index in [9.17, 15) is 4.79 Å². The van der Waals surface area contributed by atoms with Gasteiger partial charge in [0.05, 0.1) is 5.92 Å². The zero-order valence-corrected chi connectivity index (χ0v) is 12.2. The van der Waals surface area contributed by atoms with Crippen molar-refractivity contribution in [3.05, 3.63) is 34.3 Å². The van der Waals surface area contributed by atoms with Crippen LogP contribution in [0, 0.1) is 5.92 Å². The van der Waals surface area contributed by atoms with E-state index in [1.54, 1.807) is 4.90 Å². The highest BCUT2D eigenvalue weighted by Gasteiger charge is 2.32. The molecule has 0 spiro atoms. The number of nitrogens with zero attached hydrogens (tertiary/aromatic N) is 1. The first-order chi connectivity index (χ1) is 8.59. The van der Waals surface area contributed by atoms with Crippen molar-refractivity contribution in [2.24, 2.45) is 11.7 Å². The molecule has 1 aliphatic carbocycles. The largest absolute Gasteiger partial charge is 0.341 e. The molecule has 1 aromatic carbocycles. The maximum atomic E-state index is 12.3. The van der Waals surface area contributed by atoms with E-state index >= 15 is 0 Å². The molecule has 2 atom stereocenters. The van der Waals surface area contributed by atoms with Crippen molar-refractivity contribution in [1.82, 2.24) is 4.90 Å². The van der Waals surface area contributed by atoms with Crippen LogP contribution < -0.4 is 5.73 Å². The first-order valence-electron chi connectivity index (χ1n) is 6.33. The van der Waals surface area contributed by atoms with Gasteiger partial charge in [-0.3, -0.25) is 4.79 Å². The summed E-state index contributed by atoms with van der Waals surface area (Å²) in [5.41, 5.74) is 7.11. The molecule has 0 aliphatic heterocycles. The molecule has 3 nitrogen and oxygen atoms in total. The fraction of sp³-hybridized carbons (Fsp3) is 0.500. The highest BCUT2D eigenvalue weighted by Crippen LogP contribution is 2.26. The van der Waals surface area contributed by atoms with E-state index in [-0.39, 0.29) is 17.9 Å². The molecule has 2 rings (SSSR count). The van der Waals surface area contributed by atoms with Gasteiger partial charge in [-0.25, -0.2) is 0 Å². The third-order valence-electron chi connectivity index (χ3n) is 3.63. The van der Waals surface area contributed by atoms with Crippen LogP contribution in [0.2, 0.25) is 0 Å². The average Bonchev–Trinajstić information content (AvgIpc) is 2.77. The molecule has 98 valence electrons. The summed E-state index contributed by atoms with van der Waals surface area (Å²) in [7, 11) is 1.85. The molecular formula is C14H19BrN2O. The third kappa shape index (κ3) is 2.93. The van der Waals surface area contributed by atoms with Crippen LogP contribution in [-0.2, 0) is 11.3 Å². The van der Waals surface area contributed by atoms with Gasteiger partial charge in [0.15, 0.2) is 0 Å². The lowest BCUT2D eigenvalue weighted by atomic mass is 10.0. The third-order valence-corrected chi connectivity index (χ3v) is 4.40. The fourth-order valence-electron chi connectivity index (χ4n) is 2.54. The molecule has 4 heteroatoms. The fourth-order valence-corrected chi connectivity index (χ4v) is 2.95. The molecule has 18 heavy (non-hydrogen) atoms. The molecule has 1 aromatic rings. The van der Waals surface area contributed by atoms with Crippen LogP contribution in [0.25, 0.3) is 0 Å². The molecule has 0 bridgehead atoms. The Morgan fingerprint density at radius 3 is 2.78 bits per heavy atom. The quantitative estimate of drug-likeness (QED) is 0.932. The lowest BCUT2D eigenvalue weighted by molar-refractivity contribution is -0.134. The second kappa shape index (κ2) is 5.85. The number of carbonyl (C=O) groups excluding carboxylic acids is 1. The lowest BCUT2D eigenvalue weighted by Gasteiger charge is -2.23. The van der Waals surface area contributed by atoms with Crippen molar-refractivity contribution >= 4 is 21.8 Å². The molecule has 0 heterocycles. The van der Waals surface area contributed by atoms with E-state index in [1.807, 2.05) is 31.3 Å². The van der Waals surface area contributed by atoms with Crippen LogP contribution >= 0.6 is 15.9 Å². The minimum atomic E-state index is 0.0116. The maximum absolute atomic E-state index is 12.3. The zero-order valence-electron chi connectivity index (χ0n) is 10.6. The molecule has 0 unspecified atom stereocenters. The number of carbonyl (C=O) groups is 1. The van der Waals surface area contributed by atoms with Gasteiger partial charge >= 0.3 is 0 Å². The summed E-state index contributed by atoms with van der Waals surface area (Å²) in [5, 5.41) is 0. The monoisotopic (exact) mass is 310 g/mol. The summed E-state index contributed by atoms with van der Waals surface area (Å²) in [5.74, 6) is 0.188. The molecule has 2 N–H and O–H groups in total. The van der Waals surface area contributed by atoms with Crippen molar-refractivity contribution in [3.63, 3.8) is 0 Å². The Labute approximate surface area is 116 Å². The number of hydrogen-bond acceptors (Lipinski definition) is 2. The molecule has 1 amide bonds. The van der Waals surface area contributed by atoms with Gasteiger partial charge < -0.3 is 10.6 Å². The summed E-state index contributed by atoms with van der Waals surface area (Å²) < 4.78 is 1.04. The van der Waals surface area contributed by atoms with Crippen molar-refractivity contribution in [1.29, 1.82) is 0 Å². The molecular weight excluding hydrogens is 292 g/mol. The van der Waals surface area contributed by atoms with Crippen LogP contribution in [0.1, 0.15) is 24.8 Å². The Morgan fingerprint density at radius 2 is 2.17 bits per heavy atom. The number of nitrogens with two attached hydrogens (primary N) is 1. The van der Waals surface area contributed by atoms with E-state index in [0.717, 1.165) is 29.3 Å². The van der Waals surface area contributed by atoms with Crippen molar-refractivity contribution < 1.29 is 4.79 Å². The van der Waals surface area contributed by atoms with Crippen LogP contribution in [0.5, 0.6) is 0 Å². The molecule has 1 aliphatic rings. The predicted molar refractivity (Wildman–Crippen MR) is 75.9 cm³/mol. The Balaban J connectivity index is 2.01. The van der Waals surface area contributed by atoms with E-state index in [2.05, 4.69) is 15.9 Å². The van der Waals surface area contributed by atoms with Crippen molar-refractivity contribution in [3.8, 4) is 0 Å². The van der Waals surface area contributed by atoms with Crippen LogP contribution in [-0.4, -0.2) is 23.9 Å². The van der Waals surface area contributed by atoms with E-state index in [1.165, 1.54) is 0 Å². The summed E-state index contributed by atoms with van der Waals surface area (Å²) in [6.45, 7) is 0.628. The van der Waals surface area contributed by atoms with Gasteiger partial charge in [0.2, 0.25) is 5.91 Å². The Morgan fingerprint density at radius 1 is 1.44 bits per heavy atom. The average molecular weight is 311 g/mol. The summed E-state index contributed by atoms with van der Waals surface area (Å²) >= 11 is 3.51. The second-order valence-corrected chi connectivity index (χ2v) is 5.84. The first-order valence-corrected chi connectivity index (χ1v) is 7.13. The van der Waals surface area contributed by atoms with Gasteiger partial charge in [0.1, 0.15) is 0 Å². The molecule has 0 saturated heterocycles. The number of rotatable bonds is 3. The molecule has 0 aromatic heterocycles. The Bertz CT molecular complexity index is 436.